The molecule has 92 valence electrons. The Kier molecular flexibility index (Phi) is 3.82. The third kappa shape index (κ3) is 2.38. The van der Waals surface area contributed by atoms with Crippen LogP contribution in [0.25, 0.3) is 0 Å². The van der Waals surface area contributed by atoms with E-state index in [4.69, 9.17) is 4.74 Å². The molecule has 0 aromatic heterocycles. The minimum atomic E-state index is -0.0134. The van der Waals surface area contributed by atoms with Crippen LogP contribution in [0.2, 0.25) is 0 Å². The first kappa shape index (κ1) is 11.9. The largest absolute Gasteiger partial charge is 0.380 e. The van der Waals surface area contributed by atoms with E-state index in [1.165, 1.54) is 12.8 Å². The maximum atomic E-state index is 12.2. The molecule has 2 saturated heterocycles. The molecule has 2 fully saturated rings. The van der Waals surface area contributed by atoms with Gasteiger partial charge in [-0.05, 0) is 18.8 Å². The smallest absolute Gasteiger partial charge is 0.239 e. The number of nitrogens with zero attached hydrogens (tertiary/aromatic N) is 1. The molecule has 0 aliphatic carbocycles. The Hall–Kier alpha value is -0.610. The average molecular weight is 226 g/mol. The standard InChI is InChI=1S/C12H22N2O2/c1-3-9-4-5-14(8-9)12(15)11-6-10(16-2)7-13-11/h9-11,13H,3-8H2,1-2H3. The second kappa shape index (κ2) is 5.15. The van der Waals surface area contributed by atoms with E-state index in [0.717, 1.165) is 26.1 Å². The second-order valence-electron chi connectivity index (χ2n) is 4.90. The third-order valence-electron chi connectivity index (χ3n) is 3.90. The van der Waals surface area contributed by atoms with Gasteiger partial charge in [0.15, 0.2) is 0 Å². The number of carbonyl (C=O) groups is 1. The Morgan fingerprint density at radius 2 is 2.38 bits per heavy atom. The number of hydrogen-bond donors (Lipinski definition) is 1. The lowest BCUT2D eigenvalue weighted by Crippen LogP contribution is -2.42. The zero-order valence-corrected chi connectivity index (χ0v) is 10.2. The van der Waals surface area contributed by atoms with E-state index in [2.05, 4.69) is 12.2 Å². The van der Waals surface area contributed by atoms with E-state index in [1.54, 1.807) is 7.11 Å². The van der Waals surface area contributed by atoms with E-state index in [1.807, 2.05) is 4.90 Å². The van der Waals surface area contributed by atoms with E-state index >= 15 is 0 Å². The molecule has 3 atom stereocenters. The lowest BCUT2D eigenvalue weighted by atomic mass is 10.1. The summed E-state index contributed by atoms with van der Waals surface area (Å²) >= 11 is 0. The Labute approximate surface area is 97.3 Å². The van der Waals surface area contributed by atoms with E-state index < -0.39 is 0 Å². The molecule has 2 aliphatic heterocycles. The van der Waals surface area contributed by atoms with Gasteiger partial charge in [0.2, 0.25) is 5.91 Å². The van der Waals surface area contributed by atoms with E-state index in [9.17, 15) is 4.79 Å². The summed E-state index contributed by atoms with van der Waals surface area (Å²) < 4.78 is 5.26. The molecule has 16 heavy (non-hydrogen) atoms. The monoisotopic (exact) mass is 226 g/mol. The van der Waals surface area contributed by atoms with Crippen LogP contribution in [0.15, 0.2) is 0 Å². The SMILES string of the molecule is CCC1CCN(C(=O)C2CC(OC)CN2)C1. The summed E-state index contributed by atoms with van der Waals surface area (Å²) in [6.07, 6.45) is 3.38. The van der Waals surface area contributed by atoms with Crippen LogP contribution in [0.3, 0.4) is 0 Å². The first-order valence-corrected chi connectivity index (χ1v) is 6.29. The molecular formula is C12H22N2O2. The van der Waals surface area contributed by atoms with Crippen LogP contribution < -0.4 is 5.32 Å². The fourth-order valence-corrected chi connectivity index (χ4v) is 2.66. The van der Waals surface area contributed by atoms with E-state index in [0.29, 0.717) is 5.92 Å². The third-order valence-corrected chi connectivity index (χ3v) is 3.90. The number of methoxy groups -OCH3 is 1. The highest BCUT2D eigenvalue weighted by molar-refractivity contribution is 5.82. The Morgan fingerprint density at radius 3 is 2.94 bits per heavy atom. The normalized spacial score (nSPS) is 34.6. The van der Waals surface area contributed by atoms with Crippen molar-refractivity contribution in [1.82, 2.24) is 10.2 Å². The molecule has 2 heterocycles. The Bertz CT molecular complexity index is 233. The van der Waals surface area contributed by atoms with Gasteiger partial charge < -0.3 is 15.0 Å². The highest BCUT2D eigenvalue weighted by Gasteiger charge is 2.34. The molecule has 2 aliphatic rings. The quantitative estimate of drug-likeness (QED) is 0.767. The second-order valence-corrected chi connectivity index (χ2v) is 4.90. The fourth-order valence-electron chi connectivity index (χ4n) is 2.66. The number of rotatable bonds is 3. The van der Waals surface area contributed by atoms with Crippen molar-refractivity contribution in [2.24, 2.45) is 5.92 Å². The lowest BCUT2D eigenvalue weighted by molar-refractivity contribution is -0.132. The van der Waals surface area contributed by atoms with Crippen LogP contribution in [0.4, 0.5) is 0 Å². The molecular weight excluding hydrogens is 204 g/mol. The predicted octanol–water partition coefficient (Wildman–Crippen LogP) is 0.622. The Morgan fingerprint density at radius 1 is 1.56 bits per heavy atom. The van der Waals surface area contributed by atoms with Crippen LogP contribution in [-0.2, 0) is 9.53 Å². The van der Waals surface area contributed by atoms with Crippen LogP contribution in [0.5, 0.6) is 0 Å². The molecule has 0 aromatic rings. The maximum absolute atomic E-state index is 12.2. The van der Waals surface area contributed by atoms with Gasteiger partial charge in [0.1, 0.15) is 0 Å². The number of nitrogens with one attached hydrogen (secondary N) is 1. The summed E-state index contributed by atoms with van der Waals surface area (Å²) in [5, 5.41) is 3.25. The zero-order chi connectivity index (χ0) is 11.5. The van der Waals surface area contributed by atoms with Crippen LogP contribution in [0, 0.1) is 5.92 Å². The number of carbonyl (C=O) groups excluding carboxylic acids is 1. The van der Waals surface area contributed by atoms with Gasteiger partial charge in [0.25, 0.3) is 0 Å². The fraction of sp³-hybridized carbons (Fsp3) is 0.917. The van der Waals surface area contributed by atoms with Crippen molar-refractivity contribution >= 4 is 5.91 Å². The van der Waals surface area contributed by atoms with Gasteiger partial charge in [-0.25, -0.2) is 0 Å². The highest BCUT2D eigenvalue weighted by Crippen LogP contribution is 2.21. The number of ether oxygens (including phenoxy) is 1. The van der Waals surface area contributed by atoms with Gasteiger partial charge in [-0.3, -0.25) is 4.79 Å². The predicted molar refractivity (Wildman–Crippen MR) is 62.2 cm³/mol. The molecule has 1 amide bonds. The molecule has 0 radical (unpaired) electrons. The van der Waals surface area contributed by atoms with Crippen molar-refractivity contribution in [3.8, 4) is 0 Å². The number of hydrogen-bond acceptors (Lipinski definition) is 3. The Balaban J connectivity index is 1.84. The van der Waals surface area contributed by atoms with Gasteiger partial charge in [0.05, 0.1) is 12.1 Å². The van der Waals surface area contributed by atoms with Crippen molar-refractivity contribution in [2.45, 2.75) is 38.3 Å². The summed E-state index contributed by atoms with van der Waals surface area (Å²) in [5.74, 6) is 0.985. The number of likely N-dealkylation sites (tertiary alicyclic amines) is 1. The molecule has 1 N–H and O–H groups in total. The molecule has 0 saturated carbocycles. The highest BCUT2D eigenvalue weighted by atomic mass is 16.5. The molecule has 4 heteroatoms. The van der Waals surface area contributed by atoms with Gasteiger partial charge in [0, 0.05) is 26.7 Å². The molecule has 4 nitrogen and oxygen atoms in total. The van der Waals surface area contributed by atoms with Crippen LogP contribution in [-0.4, -0.2) is 49.7 Å². The summed E-state index contributed by atoms with van der Waals surface area (Å²) in [4.78, 5) is 14.2. The summed E-state index contributed by atoms with van der Waals surface area (Å²) in [6, 6.07) is -0.0134. The van der Waals surface area contributed by atoms with Crippen molar-refractivity contribution < 1.29 is 9.53 Å². The minimum absolute atomic E-state index is 0.0134. The lowest BCUT2D eigenvalue weighted by Gasteiger charge is -2.20. The van der Waals surface area contributed by atoms with Crippen LogP contribution >= 0.6 is 0 Å². The van der Waals surface area contributed by atoms with Crippen molar-refractivity contribution in [3.63, 3.8) is 0 Å². The minimum Gasteiger partial charge on any atom is -0.380 e. The molecule has 0 spiro atoms. The first-order chi connectivity index (χ1) is 7.74. The van der Waals surface area contributed by atoms with E-state index in [-0.39, 0.29) is 18.1 Å². The number of amides is 1. The summed E-state index contributed by atoms with van der Waals surface area (Å²) in [6.45, 7) is 4.89. The molecule has 3 unspecified atom stereocenters. The van der Waals surface area contributed by atoms with Gasteiger partial charge in [-0.2, -0.15) is 0 Å². The molecule has 0 aromatic carbocycles. The molecule has 0 bridgehead atoms. The van der Waals surface area contributed by atoms with Gasteiger partial charge in [-0.15, -0.1) is 0 Å². The summed E-state index contributed by atoms with van der Waals surface area (Å²) in [7, 11) is 1.71. The topological polar surface area (TPSA) is 41.6 Å². The van der Waals surface area contributed by atoms with Gasteiger partial charge >= 0.3 is 0 Å². The van der Waals surface area contributed by atoms with Crippen molar-refractivity contribution in [2.75, 3.05) is 26.7 Å². The zero-order valence-electron chi connectivity index (χ0n) is 10.2. The van der Waals surface area contributed by atoms with Crippen molar-refractivity contribution in [1.29, 1.82) is 0 Å². The molecule has 2 rings (SSSR count). The summed E-state index contributed by atoms with van der Waals surface area (Å²) in [5.41, 5.74) is 0. The van der Waals surface area contributed by atoms with Crippen molar-refractivity contribution in [3.05, 3.63) is 0 Å². The van der Waals surface area contributed by atoms with Gasteiger partial charge in [-0.1, -0.05) is 13.3 Å². The van der Waals surface area contributed by atoms with Crippen LogP contribution in [0.1, 0.15) is 26.2 Å². The first-order valence-electron chi connectivity index (χ1n) is 6.29. The average Bonchev–Trinajstić information content (AvgIpc) is 2.97. The maximum Gasteiger partial charge on any atom is 0.239 e.